The van der Waals surface area contributed by atoms with Crippen LogP contribution < -0.4 is 0 Å². The summed E-state index contributed by atoms with van der Waals surface area (Å²) in [7, 11) is 0. The van der Waals surface area contributed by atoms with Gasteiger partial charge in [-0.05, 0) is 38.5 Å². The molecule has 0 bridgehead atoms. The smallest absolute Gasteiger partial charge is 0.434 e. The lowest BCUT2D eigenvalue weighted by Crippen LogP contribution is -2.09. The summed E-state index contributed by atoms with van der Waals surface area (Å²) in [6.07, 6.45) is 21.2. The normalized spacial score (nSPS) is 23.5. The zero-order valence-electron chi connectivity index (χ0n) is 14.2. The predicted molar refractivity (Wildman–Crippen MR) is 91.1 cm³/mol. The maximum absolute atomic E-state index is 11.3. The average molecular weight is 310 g/mol. The van der Waals surface area contributed by atoms with Crippen molar-refractivity contribution in [3.05, 3.63) is 12.2 Å². The van der Waals surface area contributed by atoms with Gasteiger partial charge in [0, 0.05) is 0 Å². The van der Waals surface area contributed by atoms with Gasteiger partial charge in [-0.2, -0.15) is 0 Å². The first-order valence-electron chi connectivity index (χ1n) is 9.34. The summed E-state index contributed by atoms with van der Waals surface area (Å²) in [5.41, 5.74) is 0. The Morgan fingerprint density at radius 3 is 1.36 bits per heavy atom. The molecular weight excluding hydrogens is 276 g/mol. The lowest BCUT2D eigenvalue weighted by Gasteiger charge is -2.06. The predicted octanol–water partition coefficient (Wildman–Crippen LogP) is 6.17. The van der Waals surface area contributed by atoms with Crippen molar-refractivity contribution in [2.24, 2.45) is 0 Å². The first-order valence-corrected chi connectivity index (χ1v) is 9.34. The molecule has 0 aromatic carbocycles. The molecule has 0 atom stereocenters. The third-order valence-electron chi connectivity index (χ3n) is 4.14. The van der Waals surface area contributed by atoms with Gasteiger partial charge in [-0.15, -0.1) is 0 Å². The molecule has 128 valence electrons. The second kappa shape index (κ2) is 14.9. The summed E-state index contributed by atoms with van der Waals surface area (Å²) in [5, 5.41) is 0. The van der Waals surface area contributed by atoms with Crippen LogP contribution in [0.5, 0.6) is 0 Å². The number of carbonyl (C=O) groups excluding carboxylic acids is 1. The summed E-state index contributed by atoms with van der Waals surface area (Å²) in [6.45, 7) is 1.00. The fraction of sp³-hybridized carbons (Fsp3) is 0.842. The van der Waals surface area contributed by atoms with Crippen LogP contribution in [0.1, 0.15) is 89.9 Å². The van der Waals surface area contributed by atoms with Crippen LogP contribution in [0.15, 0.2) is 12.2 Å². The molecule has 0 aromatic heterocycles. The van der Waals surface area contributed by atoms with Gasteiger partial charge in [-0.1, -0.05) is 63.5 Å². The van der Waals surface area contributed by atoms with Crippen LogP contribution in [-0.2, 0) is 9.47 Å². The second-order valence-electron chi connectivity index (χ2n) is 6.24. The molecule has 0 N–H and O–H groups in total. The molecule has 0 unspecified atom stereocenters. The van der Waals surface area contributed by atoms with Crippen LogP contribution >= 0.6 is 0 Å². The number of hydrogen-bond donors (Lipinski definition) is 0. The highest BCUT2D eigenvalue weighted by Gasteiger charge is 2.03. The van der Waals surface area contributed by atoms with E-state index in [1.54, 1.807) is 0 Å². The van der Waals surface area contributed by atoms with Crippen LogP contribution in [0.4, 0.5) is 4.79 Å². The highest BCUT2D eigenvalue weighted by atomic mass is 16.7. The number of hydrogen-bond acceptors (Lipinski definition) is 3. The van der Waals surface area contributed by atoms with E-state index < -0.39 is 6.16 Å². The molecule has 1 aliphatic heterocycles. The van der Waals surface area contributed by atoms with E-state index in [4.69, 9.17) is 9.47 Å². The third kappa shape index (κ3) is 12.7. The van der Waals surface area contributed by atoms with Gasteiger partial charge < -0.3 is 9.47 Å². The van der Waals surface area contributed by atoms with Crippen LogP contribution in [0.25, 0.3) is 0 Å². The average Bonchev–Trinajstić information content (AvgIpc) is 2.52. The molecule has 0 amide bonds. The van der Waals surface area contributed by atoms with E-state index in [1.807, 2.05) is 0 Å². The van der Waals surface area contributed by atoms with Crippen molar-refractivity contribution in [3.8, 4) is 0 Å². The Hall–Kier alpha value is -0.990. The fourth-order valence-electron chi connectivity index (χ4n) is 2.73. The van der Waals surface area contributed by atoms with E-state index in [-0.39, 0.29) is 0 Å². The van der Waals surface area contributed by atoms with E-state index in [2.05, 4.69) is 12.2 Å². The van der Waals surface area contributed by atoms with Gasteiger partial charge in [0.2, 0.25) is 0 Å². The van der Waals surface area contributed by atoms with Crippen molar-refractivity contribution in [1.29, 1.82) is 0 Å². The molecule has 1 aliphatic rings. The molecule has 0 aromatic rings. The van der Waals surface area contributed by atoms with E-state index in [0.29, 0.717) is 13.2 Å². The highest BCUT2D eigenvalue weighted by molar-refractivity contribution is 5.59. The first kappa shape index (κ1) is 19.1. The summed E-state index contributed by atoms with van der Waals surface area (Å²) in [6, 6.07) is 0. The molecule has 3 heteroatoms. The molecule has 22 heavy (non-hydrogen) atoms. The van der Waals surface area contributed by atoms with Crippen LogP contribution in [0.3, 0.4) is 0 Å². The molecule has 1 rings (SSSR count). The maximum Gasteiger partial charge on any atom is 0.508 e. The molecule has 0 aliphatic carbocycles. The van der Waals surface area contributed by atoms with E-state index in [9.17, 15) is 4.79 Å². The van der Waals surface area contributed by atoms with E-state index >= 15 is 0 Å². The number of cyclic esters (lactones) is 2. The third-order valence-corrected chi connectivity index (χ3v) is 4.14. The van der Waals surface area contributed by atoms with Crippen molar-refractivity contribution < 1.29 is 14.3 Å². The van der Waals surface area contributed by atoms with Gasteiger partial charge in [-0.3, -0.25) is 0 Å². The Labute approximate surface area is 136 Å². The molecule has 0 spiro atoms. The Bertz CT molecular complexity index is 260. The molecule has 3 nitrogen and oxygen atoms in total. The van der Waals surface area contributed by atoms with Crippen LogP contribution in [0.2, 0.25) is 0 Å². The molecular formula is C19H34O3. The lowest BCUT2D eigenvalue weighted by atomic mass is 10.1. The minimum atomic E-state index is -0.489. The minimum absolute atomic E-state index is 0.489. The number of carbonyl (C=O) groups is 1. The molecule has 0 saturated carbocycles. The quantitative estimate of drug-likeness (QED) is 0.396. The monoisotopic (exact) mass is 310 g/mol. The van der Waals surface area contributed by atoms with Gasteiger partial charge in [0.05, 0.1) is 13.2 Å². The largest absolute Gasteiger partial charge is 0.508 e. The first-order chi connectivity index (χ1) is 10.9. The van der Waals surface area contributed by atoms with Crippen molar-refractivity contribution in [3.63, 3.8) is 0 Å². The van der Waals surface area contributed by atoms with Gasteiger partial charge in [-0.25, -0.2) is 4.79 Å². The standard InChI is InChI=1S/C19H34O3/c20-19-21-17-15-13-11-9-7-5-3-1-2-4-6-8-10-12-14-16-18-22-19/h1-2H,3-18H2/b2-1+. The van der Waals surface area contributed by atoms with Gasteiger partial charge in [0.25, 0.3) is 0 Å². The van der Waals surface area contributed by atoms with Crippen molar-refractivity contribution in [2.45, 2.75) is 89.9 Å². The molecule has 1 heterocycles. The summed E-state index contributed by atoms with van der Waals surface area (Å²) in [4.78, 5) is 11.3. The summed E-state index contributed by atoms with van der Waals surface area (Å²) < 4.78 is 10.1. The molecule has 0 fully saturated rings. The summed E-state index contributed by atoms with van der Waals surface area (Å²) >= 11 is 0. The minimum Gasteiger partial charge on any atom is -0.434 e. The topological polar surface area (TPSA) is 35.5 Å². The molecule has 0 saturated heterocycles. The van der Waals surface area contributed by atoms with Gasteiger partial charge in [0.15, 0.2) is 0 Å². The number of allylic oxidation sites excluding steroid dienone is 2. The van der Waals surface area contributed by atoms with Crippen molar-refractivity contribution in [1.82, 2.24) is 0 Å². The Kier molecular flexibility index (Phi) is 12.9. The van der Waals surface area contributed by atoms with Crippen molar-refractivity contribution in [2.75, 3.05) is 13.2 Å². The Morgan fingerprint density at radius 2 is 0.909 bits per heavy atom. The SMILES string of the molecule is O=C1OCCCCCCCC/C=C/CCCCCCCCO1. The van der Waals surface area contributed by atoms with Crippen LogP contribution in [-0.4, -0.2) is 19.4 Å². The lowest BCUT2D eigenvalue weighted by molar-refractivity contribution is 0.0529. The van der Waals surface area contributed by atoms with Crippen molar-refractivity contribution >= 4 is 6.16 Å². The number of ether oxygens (including phenoxy) is 2. The molecule has 0 radical (unpaired) electrons. The summed E-state index contributed by atoms with van der Waals surface area (Å²) in [5.74, 6) is 0. The van der Waals surface area contributed by atoms with E-state index in [0.717, 1.165) is 25.7 Å². The number of rotatable bonds is 0. The zero-order valence-corrected chi connectivity index (χ0v) is 14.2. The zero-order chi connectivity index (χ0) is 15.7. The van der Waals surface area contributed by atoms with E-state index in [1.165, 1.54) is 64.2 Å². The Balaban J connectivity index is 2.14. The highest BCUT2D eigenvalue weighted by Crippen LogP contribution is 2.10. The second-order valence-corrected chi connectivity index (χ2v) is 6.24. The fourth-order valence-corrected chi connectivity index (χ4v) is 2.73. The maximum atomic E-state index is 11.3. The van der Waals surface area contributed by atoms with Gasteiger partial charge >= 0.3 is 6.16 Å². The van der Waals surface area contributed by atoms with Crippen LogP contribution in [0, 0.1) is 0 Å². The Morgan fingerprint density at radius 1 is 0.545 bits per heavy atom. The van der Waals surface area contributed by atoms with Gasteiger partial charge in [0.1, 0.15) is 0 Å².